The lowest BCUT2D eigenvalue weighted by molar-refractivity contribution is 0.374. The molecule has 0 atom stereocenters. The molecule has 2 N–H and O–H groups in total. The van der Waals surface area contributed by atoms with Gasteiger partial charge in [-0.3, -0.25) is 4.99 Å². The molecule has 0 bridgehead atoms. The van der Waals surface area contributed by atoms with Gasteiger partial charge >= 0.3 is 0 Å². The number of guanidine groups is 1. The number of hydrogen-bond donors (Lipinski definition) is 2. The van der Waals surface area contributed by atoms with Crippen LogP contribution < -0.4 is 10.6 Å². The molecular weight excluding hydrogens is 393 g/mol. The Bertz CT molecular complexity index is 498. The summed E-state index contributed by atoms with van der Waals surface area (Å²) in [5.41, 5.74) is 1.57. The topological polar surface area (TPSA) is 75.3 Å². The number of rotatable bonds is 6. The fraction of sp³-hybridized carbons (Fsp3) is 0.667. The molecule has 0 radical (unpaired) electrons. The molecule has 0 fully saturated rings. The van der Waals surface area contributed by atoms with E-state index in [2.05, 4.69) is 31.8 Å². The number of aryl methyl sites for hydroxylation is 1. The van der Waals surface area contributed by atoms with Crippen molar-refractivity contribution in [2.75, 3.05) is 20.1 Å². The van der Waals surface area contributed by atoms with Crippen molar-refractivity contribution < 1.29 is 4.52 Å². The molecule has 0 spiro atoms. The molecule has 0 saturated heterocycles. The van der Waals surface area contributed by atoms with Gasteiger partial charge in [-0.1, -0.05) is 16.8 Å². The van der Waals surface area contributed by atoms with Gasteiger partial charge in [0, 0.05) is 26.6 Å². The van der Waals surface area contributed by atoms with E-state index in [1.165, 1.54) is 25.7 Å². The highest BCUT2D eigenvalue weighted by Crippen LogP contribution is 2.19. The Morgan fingerprint density at radius 2 is 2.05 bits per heavy atom. The van der Waals surface area contributed by atoms with E-state index < -0.39 is 0 Å². The molecule has 1 heterocycles. The lowest BCUT2D eigenvalue weighted by Crippen LogP contribution is -2.38. The molecule has 124 valence electrons. The zero-order valence-electron chi connectivity index (χ0n) is 13.4. The maximum atomic E-state index is 5.07. The maximum absolute atomic E-state index is 5.07. The predicted octanol–water partition coefficient (Wildman–Crippen LogP) is 2.59. The summed E-state index contributed by atoms with van der Waals surface area (Å²) in [4.78, 5) is 8.39. The molecule has 1 aliphatic rings. The zero-order valence-corrected chi connectivity index (χ0v) is 15.7. The third-order valence-corrected chi connectivity index (χ3v) is 3.55. The first kappa shape index (κ1) is 18.9. The summed E-state index contributed by atoms with van der Waals surface area (Å²) in [6.07, 6.45) is 9.36. The standard InChI is InChI=1S/C15H25N5O.HI/c1-12-19-14(21-20-12)9-11-18-15(16-2)17-10-8-13-6-4-3-5-7-13;/h6H,3-5,7-11H2,1-2H3,(H2,16,17,18);1H. The quantitative estimate of drug-likeness (QED) is 0.321. The van der Waals surface area contributed by atoms with E-state index in [0.29, 0.717) is 18.1 Å². The molecule has 0 saturated carbocycles. The van der Waals surface area contributed by atoms with Gasteiger partial charge in [0.05, 0.1) is 0 Å². The van der Waals surface area contributed by atoms with Crippen molar-refractivity contribution in [3.63, 3.8) is 0 Å². The first-order valence-electron chi connectivity index (χ1n) is 7.69. The van der Waals surface area contributed by atoms with E-state index in [9.17, 15) is 0 Å². The number of hydrogen-bond acceptors (Lipinski definition) is 4. The van der Waals surface area contributed by atoms with Crippen LogP contribution in [0.5, 0.6) is 0 Å². The molecule has 6 nitrogen and oxygen atoms in total. The van der Waals surface area contributed by atoms with Crippen LogP contribution in [-0.4, -0.2) is 36.2 Å². The van der Waals surface area contributed by atoms with Gasteiger partial charge in [0.2, 0.25) is 5.89 Å². The largest absolute Gasteiger partial charge is 0.356 e. The fourth-order valence-electron chi connectivity index (χ4n) is 2.42. The average Bonchev–Trinajstić information content (AvgIpc) is 2.92. The van der Waals surface area contributed by atoms with Gasteiger partial charge in [0.15, 0.2) is 11.8 Å². The van der Waals surface area contributed by atoms with Crippen molar-refractivity contribution in [1.82, 2.24) is 20.8 Å². The molecule has 22 heavy (non-hydrogen) atoms. The molecule has 1 aliphatic carbocycles. The second kappa shape index (κ2) is 10.6. The van der Waals surface area contributed by atoms with E-state index in [1.807, 2.05) is 6.92 Å². The molecule has 0 aromatic carbocycles. The maximum Gasteiger partial charge on any atom is 0.228 e. The van der Waals surface area contributed by atoms with Gasteiger partial charge in [-0.15, -0.1) is 24.0 Å². The molecule has 1 aromatic heterocycles. The molecule has 2 rings (SSSR count). The van der Waals surface area contributed by atoms with E-state index in [-0.39, 0.29) is 24.0 Å². The number of nitrogens with one attached hydrogen (secondary N) is 2. The monoisotopic (exact) mass is 419 g/mol. The van der Waals surface area contributed by atoms with Crippen LogP contribution in [-0.2, 0) is 6.42 Å². The minimum Gasteiger partial charge on any atom is -0.356 e. The highest BCUT2D eigenvalue weighted by atomic mass is 127. The highest BCUT2D eigenvalue weighted by Gasteiger charge is 2.05. The van der Waals surface area contributed by atoms with E-state index in [1.54, 1.807) is 12.6 Å². The SMILES string of the molecule is CN=C(NCCC1=CCCCC1)NCCc1nc(C)no1.I. The summed E-state index contributed by atoms with van der Waals surface area (Å²) in [5.74, 6) is 2.15. The van der Waals surface area contributed by atoms with Crippen molar-refractivity contribution in [3.05, 3.63) is 23.4 Å². The van der Waals surface area contributed by atoms with Crippen molar-refractivity contribution in [1.29, 1.82) is 0 Å². The Balaban J connectivity index is 0.00000242. The molecular formula is C15H26IN5O. The van der Waals surface area contributed by atoms with E-state index in [4.69, 9.17) is 4.52 Å². The second-order valence-electron chi connectivity index (χ2n) is 5.27. The minimum atomic E-state index is 0. The van der Waals surface area contributed by atoms with Crippen LogP contribution in [0.4, 0.5) is 0 Å². The number of aliphatic imine (C=N–C) groups is 1. The van der Waals surface area contributed by atoms with Crippen LogP contribution in [0, 0.1) is 6.92 Å². The van der Waals surface area contributed by atoms with Crippen LogP contribution in [0.1, 0.15) is 43.8 Å². The number of aromatic nitrogens is 2. The Morgan fingerprint density at radius 1 is 1.27 bits per heavy atom. The fourth-order valence-corrected chi connectivity index (χ4v) is 2.42. The summed E-state index contributed by atoms with van der Waals surface area (Å²) in [5, 5.41) is 10.4. The number of halogens is 1. The van der Waals surface area contributed by atoms with Gasteiger partial charge in [-0.05, 0) is 39.0 Å². The predicted molar refractivity (Wildman–Crippen MR) is 98.7 cm³/mol. The van der Waals surface area contributed by atoms with Gasteiger partial charge in [0.25, 0.3) is 0 Å². The van der Waals surface area contributed by atoms with Crippen molar-refractivity contribution in [2.24, 2.45) is 4.99 Å². The summed E-state index contributed by atoms with van der Waals surface area (Å²) < 4.78 is 5.07. The lowest BCUT2D eigenvalue weighted by Gasteiger charge is -2.14. The molecule has 0 amide bonds. The second-order valence-corrected chi connectivity index (χ2v) is 5.27. The first-order valence-corrected chi connectivity index (χ1v) is 7.69. The van der Waals surface area contributed by atoms with Crippen LogP contribution in [0.25, 0.3) is 0 Å². The Kier molecular flexibility index (Phi) is 9.10. The number of allylic oxidation sites excluding steroid dienone is 1. The first-order chi connectivity index (χ1) is 10.3. The Labute approximate surface area is 149 Å². The van der Waals surface area contributed by atoms with Gasteiger partial charge in [-0.2, -0.15) is 4.98 Å². The van der Waals surface area contributed by atoms with E-state index >= 15 is 0 Å². The summed E-state index contributed by atoms with van der Waals surface area (Å²) in [7, 11) is 1.78. The van der Waals surface area contributed by atoms with Gasteiger partial charge < -0.3 is 15.2 Å². The van der Waals surface area contributed by atoms with Crippen LogP contribution in [0.3, 0.4) is 0 Å². The van der Waals surface area contributed by atoms with E-state index in [0.717, 1.165) is 25.5 Å². The van der Waals surface area contributed by atoms with Crippen molar-refractivity contribution >= 4 is 29.9 Å². The minimum absolute atomic E-state index is 0. The Hall–Kier alpha value is -1.12. The normalized spacial score (nSPS) is 15.0. The lowest BCUT2D eigenvalue weighted by atomic mass is 9.97. The van der Waals surface area contributed by atoms with Gasteiger partial charge in [0.1, 0.15) is 0 Å². The van der Waals surface area contributed by atoms with Crippen molar-refractivity contribution in [3.8, 4) is 0 Å². The van der Waals surface area contributed by atoms with Crippen LogP contribution in [0.2, 0.25) is 0 Å². The molecule has 0 unspecified atom stereocenters. The molecule has 7 heteroatoms. The van der Waals surface area contributed by atoms with Crippen LogP contribution in [0.15, 0.2) is 21.2 Å². The van der Waals surface area contributed by atoms with Gasteiger partial charge in [-0.25, -0.2) is 0 Å². The van der Waals surface area contributed by atoms with Crippen LogP contribution >= 0.6 is 24.0 Å². The third-order valence-electron chi connectivity index (χ3n) is 3.55. The number of nitrogens with zero attached hydrogens (tertiary/aromatic N) is 3. The summed E-state index contributed by atoms with van der Waals surface area (Å²) in [6, 6.07) is 0. The summed E-state index contributed by atoms with van der Waals surface area (Å²) in [6.45, 7) is 3.47. The zero-order chi connectivity index (χ0) is 14.9. The van der Waals surface area contributed by atoms with Crippen molar-refractivity contribution in [2.45, 2.75) is 45.4 Å². The third kappa shape index (κ3) is 6.76. The highest BCUT2D eigenvalue weighted by molar-refractivity contribution is 14.0. The molecule has 0 aliphatic heterocycles. The smallest absolute Gasteiger partial charge is 0.228 e. The molecule has 1 aromatic rings. The summed E-state index contributed by atoms with van der Waals surface area (Å²) >= 11 is 0. The average molecular weight is 419 g/mol. The Morgan fingerprint density at radius 3 is 2.64 bits per heavy atom.